The molecule has 0 aliphatic rings. The number of para-hydroxylation sites is 1. The molecule has 0 atom stereocenters. The minimum Gasteiger partial charge on any atom is -0.478 e. The number of carbonyl (C=O) groups is 1. The van der Waals surface area contributed by atoms with E-state index in [1.54, 1.807) is 24.7 Å². The van der Waals surface area contributed by atoms with Crippen LogP contribution in [0.3, 0.4) is 0 Å². The van der Waals surface area contributed by atoms with E-state index in [0.29, 0.717) is 5.52 Å². The molecule has 0 saturated carbocycles. The molecule has 0 aliphatic carbocycles. The fraction of sp³-hybridized carbons (Fsp3) is 0.267. The molecule has 108 valence electrons. The molecule has 0 unspecified atom stereocenters. The molecule has 6 nitrogen and oxygen atoms in total. The first-order chi connectivity index (χ1) is 10.2. The van der Waals surface area contributed by atoms with Crippen LogP contribution >= 0.6 is 0 Å². The molecule has 0 amide bonds. The van der Waals surface area contributed by atoms with Crippen molar-refractivity contribution in [2.24, 2.45) is 0 Å². The number of rotatable bonds is 5. The van der Waals surface area contributed by atoms with E-state index < -0.39 is 5.97 Å². The maximum Gasteiger partial charge on any atom is 0.337 e. The van der Waals surface area contributed by atoms with E-state index in [4.69, 9.17) is 0 Å². The van der Waals surface area contributed by atoms with Crippen molar-refractivity contribution in [3.63, 3.8) is 0 Å². The molecular formula is C15H16N4O2. The average molecular weight is 284 g/mol. The number of hydrogen-bond acceptors (Lipinski definition) is 3. The summed E-state index contributed by atoms with van der Waals surface area (Å²) in [7, 11) is 0. The van der Waals surface area contributed by atoms with Crippen molar-refractivity contribution in [1.82, 2.24) is 19.1 Å². The maximum atomic E-state index is 11.3. The summed E-state index contributed by atoms with van der Waals surface area (Å²) in [6.07, 6.45) is 6.19. The number of imidazole rings is 2. The molecule has 2 aromatic heterocycles. The fourth-order valence-corrected chi connectivity index (χ4v) is 2.52. The highest BCUT2D eigenvalue weighted by molar-refractivity contribution is 6.01. The summed E-state index contributed by atoms with van der Waals surface area (Å²) in [6.45, 7) is 3.53. The Hall–Kier alpha value is -2.63. The third-order valence-corrected chi connectivity index (χ3v) is 3.55. The van der Waals surface area contributed by atoms with E-state index in [0.717, 1.165) is 30.9 Å². The standard InChI is InChI=1S/C15H16N4O2/c1-2-13-17-14-11(15(20)21)4-3-5-12(14)19(13)9-8-18-7-6-16-10-18/h3-7,10H,2,8-9H2,1H3,(H,20,21). The highest BCUT2D eigenvalue weighted by Gasteiger charge is 2.15. The predicted octanol–water partition coefficient (Wildman–Crippen LogP) is 2.19. The number of aromatic carboxylic acids is 1. The van der Waals surface area contributed by atoms with Crippen LogP contribution in [0.15, 0.2) is 36.9 Å². The molecule has 1 N–H and O–H groups in total. The lowest BCUT2D eigenvalue weighted by molar-refractivity contribution is 0.0699. The smallest absolute Gasteiger partial charge is 0.337 e. The van der Waals surface area contributed by atoms with Crippen LogP contribution in [0, 0.1) is 0 Å². The number of fused-ring (bicyclic) bond motifs is 1. The molecular weight excluding hydrogens is 268 g/mol. The summed E-state index contributed by atoms with van der Waals surface area (Å²) in [5, 5.41) is 9.27. The highest BCUT2D eigenvalue weighted by atomic mass is 16.4. The van der Waals surface area contributed by atoms with Gasteiger partial charge in [-0.15, -0.1) is 0 Å². The van der Waals surface area contributed by atoms with Gasteiger partial charge in [-0.2, -0.15) is 0 Å². The maximum absolute atomic E-state index is 11.3. The Labute approximate surface area is 121 Å². The van der Waals surface area contributed by atoms with Crippen LogP contribution in [-0.4, -0.2) is 30.2 Å². The summed E-state index contributed by atoms with van der Waals surface area (Å²) in [4.78, 5) is 19.8. The Morgan fingerprint density at radius 2 is 2.19 bits per heavy atom. The van der Waals surface area contributed by atoms with Gasteiger partial charge in [0.25, 0.3) is 0 Å². The van der Waals surface area contributed by atoms with Crippen molar-refractivity contribution < 1.29 is 9.90 Å². The lowest BCUT2D eigenvalue weighted by atomic mass is 10.2. The SMILES string of the molecule is CCc1nc2c(C(=O)O)cccc2n1CCn1ccnc1. The number of carboxylic acid groups (broad SMARTS) is 1. The normalized spacial score (nSPS) is 11.1. The summed E-state index contributed by atoms with van der Waals surface area (Å²) < 4.78 is 4.08. The van der Waals surface area contributed by atoms with Crippen LogP contribution in [0.25, 0.3) is 11.0 Å². The number of aromatic nitrogens is 4. The van der Waals surface area contributed by atoms with E-state index in [9.17, 15) is 9.90 Å². The van der Waals surface area contributed by atoms with Crippen LogP contribution < -0.4 is 0 Å². The molecule has 3 aromatic rings. The van der Waals surface area contributed by atoms with Crippen LogP contribution in [0.2, 0.25) is 0 Å². The van der Waals surface area contributed by atoms with Gasteiger partial charge in [-0.3, -0.25) is 0 Å². The molecule has 0 radical (unpaired) electrons. The summed E-state index contributed by atoms with van der Waals surface area (Å²) >= 11 is 0. The van der Waals surface area contributed by atoms with Gasteiger partial charge in [0.2, 0.25) is 0 Å². The first-order valence-electron chi connectivity index (χ1n) is 6.88. The highest BCUT2D eigenvalue weighted by Crippen LogP contribution is 2.21. The van der Waals surface area contributed by atoms with Crippen molar-refractivity contribution in [3.8, 4) is 0 Å². The summed E-state index contributed by atoms with van der Waals surface area (Å²) in [5.74, 6) is -0.0404. The quantitative estimate of drug-likeness (QED) is 0.779. The number of hydrogen-bond donors (Lipinski definition) is 1. The molecule has 0 saturated heterocycles. The first-order valence-corrected chi connectivity index (χ1v) is 6.88. The number of benzene rings is 1. The number of aryl methyl sites for hydroxylation is 3. The second kappa shape index (κ2) is 5.40. The van der Waals surface area contributed by atoms with E-state index >= 15 is 0 Å². The van der Waals surface area contributed by atoms with Crippen LogP contribution in [0.5, 0.6) is 0 Å². The summed E-state index contributed by atoms with van der Waals surface area (Å²) in [6, 6.07) is 5.28. The van der Waals surface area contributed by atoms with Gasteiger partial charge in [0, 0.05) is 31.9 Å². The molecule has 1 aromatic carbocycles. The first kappa shape index (κ1) is 13.4. The zero-order valence-corrected chi connectivity index (χ0v) is 11.7. The van der Waals surface area contributed by atoms with Gasteiger partial charge < -0.3 is 14.2 Å². The van der Waals surface area contributed by atoms with E-state index in [1.165, 1.54) is 0 Å². The van der Waals surface area contributed by atoms with E-state index in [2.05, 4.69) is 14.5 Å². The van der Waals surface area contributed by atoms with E-state index in [1.807, 2.05) is 23.8 Å². The topological polar surface area (TPSA) is 72.9 Å². The van der Waals surface area contributed by atoms with Gasteiger partial charge in [0.05, 0.1) is 17.4 Å². The van der Waals surface area contributed by atoms with Gasteiger partial charge in [0.1, 0.15) is 11.3 Å². The largest absolute Gasteiger partial charge is 0.478 e. The predicted molar refractivity (Wildman–Crippen MR) is 78.3 cm³/mol. The average Bonchev–Trinajstić information content (AvgIpc) is 3.11. The second-order valence-electron chi connectivity index (χ2n) is 4.81. The molecule has 2 heterocycles. The van der Waals surface area contributed by atoms with Gasteiger partial charge in [-0.05, 0) is 12.1 Å². The van der Waals surface area contributed by atoms with Gasteiger partial charge in [-0.1, -0.05) is 13.0 Å². The van der Waals surface area contributed by atoms with Crippen LogP contribution in [0.1, 0.15) is 23.1 Å². The van der Waals surface area contributed by atoms with Crippen molar-refractivity contribution in [2.75, 3.05) is 0 Å². The number of nitrogens with zero attached hydrogens (tertiary/aromatic N) is 4. The third kappa shape index (κ3) is 2.40. The zero-order valence-electron chi connectivity index (χ0n) is 11.7. The fourth-order valence-electron chi connectivity index (χ4n) is 2.52. The Balaban J connectivity index is 2.04. The zero-order chi connectivity index (χ0) is 14.8. The van der Waals surface area contributed by atoms with Crippen LogP contribution in [-0.2, 0) is 19.5 Å². The summed E-state index contributed by atoms with van der Waals surface area (Å²) in [5.41, 5.74) is 1.68. The number of carboxylic acids is 1. The molecule has 21 heavy (non-hydrogen) atoms. The van der Waals surface area contributed by atoms with Crippen molar-refractivity contribution in [3.05, 3.63) is 48.3 Å². The van der Waals surface area contributed by atoms with Crippen LogP contribution in [0.4, 0.5) is 0 Å². The Morgan fingerprint density at radius 3 is 2.86 bits per heavy atom. The van der Waals surface area contributed by atoms with E-state index in [-0.39, 0.29) is 5.56 Å². The Bertz CT molecular complexity index is 774. The van der Waals surface area contributed by atoms with Gasteiger partial charge in [-0.25, -0.2) is 14.8 Å². The van der Waals surface area contributed by atoms with Crippen molar-refractivity contribution in [2.45, 2.75) is 26.4 Å². The minimum atomic E-state index is -0.942. The molecule has 0 fully saturated rings. The monoisotopic (exact) mass is 284 g/mol. The molecule has 3 rings (SSSR count). The second-order valence-corrected chi connectivity index (χ2v) is 4.81. The molecule has 0 spiro atoms. The van der Waals surface area contributed by atoms with Gasteiger partial charge >= 0.3 is 5.97 Å². The minimum absolute atomic E-state index is 0.253. The molecule has 0 bridgehead atoms. The molecule has 6 heteroatoms. The Kier molecular flexibility index (Phi) is 3.43. The third-order valence-electron chi connectivity index (χ3n) is 3.55. The Morgan fingerprint density at radius 1 is 1.33 bits per heavy atom. The molecule has 0 aliphatic heterocycles. The lowest BCUT2D eigenvalue weighted by Crippen LogP contribution is -2.09. The van der Waals surface area contributed by atoms with Gasteiger partial charge in [0.15, 0.2) is 0 Å². The lowest BCUT2D eigenvalue weighted by Gasteiger charge is -2.08. The van der Waals surface area contributed by atoms with Crippen molar-refractivity contribution >= 4 is 17.0 Å². The van der Waals surface area contributed by atoms with Crippen molar-refractivity contribution in [1.29, 1.82) is 0 Å².